The molecule has 0 atom stereocenters. The molecule has 1 heterocycles. The Labute approximate surface area is 160 Å². The second-order valence-corrected chi connectivity index (χ2v) is 5.81. The van der Waals surface area contributed by atoms with Crippen molar-refractivity contribution in [2.75, 3.05) is 25.2 Å². The number of amides is 3. The number of fused-ring (bicyclic) bond motifs is 1. The van der Waals surface area contributed by atoms with Crippen LogP contribution in [0.25, 0.3) is 0 Å². The van der Waals surface area contributed by atoms with Gasteiger partial charge in [-0.2, -0.15) is 0 Å². The van der Waals surface area contributed by atoms with E-state index in [1.807, 2.05) is 0 Å². The van der Waals surface area contributed by atoms with Crippen LogP contribution in [0.15, 0.2) is 48.5 Å². The quantitative estimate of drug-likeness (QED) is 0.592. The van der Waals surface area contributed by atoms with Gasteiger partial charge in [-0.25, -0.2) is 4.79 Å². The van der Waals surface area contributed by atoms with E-state index in [2.05, 4.69) is 15.6 Å². The van der Waals surface area contributed by atoms with E-state index in [0.29, 0.717) is 17.0 Å². The third kappa shape index (κ3) is 4.09. The lowest BCUT2D eigenvalue weighted by Crippen LogP contribution is -2.49. The van der Waals surface area contributed by atoms with E-state index in [-0.39, 0.29) is 24.6 Å². The van der Waals surface area contributed by atoms with Gasteiger partial charge in [-0.05, 0) is 36.4 Å². The number of para-hydroxylation sites is 2. The fourth-order valence-corrected chi connectivity index (χ4v) is 2.58. The second kappa shape index (κ2) is 8.21. The summed E-state index contributed by atoms with van der Waals surface area (Å²) < 4.78 is 9.90. The van der Waals surface area contributed by atoms with Crippen molar-refractivity contribution in [2.45, 2.75) is 0 Å². The molecular weight excluding hydrogens is 366 g/mol. The van der Waals surface area contributed by atoms with Crippen LogP contribution in [-0.2, 0) is 14.3 Å². The molecular formula is C19H17N3O6. The van der Waals surface area contributed by atoms with Gasteiger partial charge in [-0.3, -0.25) is 30.1 Å². The molecule has 1 aliphatic heterocycles. The monoisotopic (exact) mass is 383 g/mol. The Morgan fingerprint density at radius 3 is 2.43 bits per heavy atom. The Kier molecular flexibility index (Phi) is 5.54. The number of rotatable bonds is 4. The molecule has 0 bridgehead atoms. The fraction of sp³-hybridized carbons (Fsp3) is 0.158. The molecule has 9 heteroatoms. The van der Waals surface area contributed by atoms with E-state index in [1.165, 1.54) is 36.3 Å². The summed E-state index contributed by atoms with van der Waals surface area (Å²) in [7, 11) is 1.26. The summed E-state index contributed by atoms with van der Waals surface area (Å²) in [5, 5.41) is 0. The van der Waals surface area contributed by atoms with Crippen molar-refractivity contribution in [1.29, 1.82) is 0 Å². The van der Waals surface area contributed by atoms with Crippen LogP contribution in [0.1, 0.15) is 20.7 Å². The van der Waals surface area contributed by atoms with E-state index in [4.69, 9.17) is 4.74 Å². The van der Waals surface area contributed by atoms with Crippen molar-refractivity contribution in [1.82, 2.24) is 10.9 Å². The van der Waals surface area contributed by atoms with Crippen molar-refractivity contribution in [2.24, 2.45) is 0 Å². The first kappa shape index (κ1) is 18.9. The van der Waals surface area contributed by atoms with Gasteiger partial charge in [0.2, 0.25) is 0 Å². The van der Waals surface area contributed by atoms with Crippen LogP contribution in [0, 0.1) is 0 Å². The number of carbonyl (C=O) groups is 4. The normalized spacial score (nSPS) is 12.5. The maximum atomic E-state index is 12.2. The summed E-state index contributed by atoms with van der Waals surface area (Å²) in [5.74, 6) is -1.53. The highest BCUT2D eigenvalue weighted by Gasteiger charge is 2.27. The smallest absolute Gasteiger partial charge is 0.337 e. The van der Waals surface area contributed by atoms with Gasteiger partial charge in [-0.15, -0.1) is 0 Å². The number of anilines is 1. The highest BCUT2D eigenvalue weighted by atomic mass is 16.5. The molecule has 2 N–H and O–H groups in total. The van der Waals surface area contributed by atoms with Crippen LogP contribution in [0.4, 0.5) is 5.69 Å². The standard InChI is InChI=1S/C19H17N3O6/c1-27-19(26)13-8-6-12(7-9-13)18(25)21-20-16(23)10-22-14-4-2-3-5-15(14)28-11-17(22)24/h2-9H,10-11H2,1H3,(H,20,23)(H,21,25). The van der Waals surface area contributed by atoms with Gasteiger partial charge in [0, 0.05) is 5.56 Å². The molecule has 9 nitrogen and oxygen atoms in total. The molecule has 3 amide bonds. The third-order valence-electron chi connectivity index (χ3n) is 3.99. The average Bonchev–Trinajstić information content (AvgIpc) is 2.73. The predicted molar refractivity (Wildman–Crippen MR) is 97.7 cm³/mol. The Morgan fingerprint density at radius 1 is 1.04 bits per heavy atom. The zero-order valence-corrected chi connectivity index (χ0v) is 14.9. The van der Waals surface area contributed by atoms with Crippen LogP contribution < -0.4 is 20.5 Å². The van der Waals surface area contributed by atoms with Crippen molar-refractivity contribution in [3.8, 4) is 5.75 Å². The Morgan fingerprint density at radius 2 is 1.71 bits per heavy atom. The fourth-order valence-electron chi connectivity index (χ4n) is 2.58. The first-order valence-electron chi connectivity index (χ1n) is 8.29. The second-order valence-electron chi connectivity index (χ2n) is 5.81. The van der Waals surface area contributed by atoms with Gasteiger partial charge >= 0.3 is 5.97 Å². The molecule has 0 saturated carbocycles. The molecule has 0 saturated heterocycles. The van der Waals surface area contributed by atoms with Gasteiger partial charge in [0.1, 0.15) is 12.3 Å². The molecule has 28 heavy (non-hydrogen) atoms. The number of ether oxygens (including phenoxy) is 2. The molecule has 0 aromatic heterocycles. The number of hydrogen-bond donors (Lipinski definition) is 2. The van der Waals surface area contributed by atoms with Crippen LogP contribution in [0.2, 0.25) is 0 Å². The van der Waals surface area contributed by atoms with E-state index < -0.39 is 17.8 Å². The Bertz CT molecular complexity index is 926. The van der Waals surface area contributed by atoms with E-state index in [0.717, 1.165) is 0 Å². The van der Waals surface area contributed by atoms with Gasteiger partial charge in [0.25, 0.3) is 17.7 Å². The molecule has 0 spiro atoms. The first-order chi connectivity index (χ1) is 13.5. The zero-order valence-electron chi connectivity index (χ0n) is 14.9. The molecule has 144 valence electrons. The van der Waals surface area contributed by atoms with E-state index >= 15 is 0 Å². The minimum Gasteiger partial charge on any atom is -0.482 e. The number of carbonyl (C=O) groups excluding carboxylic acids is 4. The SMILES string of the molecule is COC(=O)c1ccc(C(=O)NNC(=O)CN2C(=O)COc3ccccc32)cc1. The maximum Gasteiger partial charge on any atom is 0.337 e. The van der Waals surface area contributed by atoms with Crippen LogP contribution in [0.3, 0.4) is 0 Å². The van der Waals surface area contributed by atoms with Crippen molar-refractivity contribution in [3.63, 3.8) is 0 Å². The van der Waals surface area contributed by atoms with Crippen LogP contribution in [-0.4, -0.2) is 44.0 Å². The number of benzene rings is 2. The highest BCUT2D eigenvalue weighted by molar-refractivity contribution is 6.03. The summed E-state index contributed by atoms with van der Waals surface area (Å²) >= 11 is 0. The number of methoxy groups -OCH3 is 1. The Hall–Kier alpha value is -3.88. The Balaban J connectivity index is 1.58. The van der Waals surface area contributed by atoms with Gasteiger partial charge in [-0.1, -0.05) is 12.1 Å². The summed E-state index contributed by atoms with van der Waals surface area (Å²) in [6.45, 7) is -0.441. The predicted octanol–water partition coefficient (Wildman–Crippen LogP) is 0.660. The minimum absolute atomic E-state index is 0.163. The molecule has 0 fully saturated rings. The van der Waals surface area contributed by atoms with Crippen LogP contribution >= 0.6 is 0 Å². The lowest BCUT2D eigenvalue weighted by molar-refractivity contribution is -0.125. The zero-order chi connectivity index (χ0) is 20.1. The molecule has 2 aromatic carbocycles. The summed E-state index contributed by atoms with van der Waals surface area (Å²) in [4.78, 5) is 49.0. The lowest BCUT2D eigenvalue weighted by atomic mass is 10.1. The number of nitrogens with one attached hydrogen (secondary N) is 2. The molecule has 3 rings (SSSR count). The maximum absolute atomic E-state index is 12.2. The van der Waals surface area contributed by atoms with Crippen molar-refractivity contribution in [3.05, 3.63) is 59.7 Å². The van der Waals surface area contributed by atoms with Crippen molar-refractivity contribution >= 4 is 29.4 Å². The topological polar surface area (TPSA) is 114 Å². The largest absolute Gasteiger partial charge is 0.482 e. The van der Waals surface area contributed by atoms with Gasteiger partial charge in [0.15, 0.2) is 6.61 Å². The van der Waals surface area contributed by atoms with Gasteiger partial charge < -0.3 is 9.47 Å². The van der Waals surface area contributed by atoms with Crippen LogP contribution in [0.5, 0.6) is 5.75 Å². The summed E-state index contributed by atoms with van der Waals surface area (Å²) in [6.07, 6.45) is 0. The molecule has 1 aliphatic rings. The molecule has 0 unspecified atom stereocenters. The number of esters is 1. The molecule has 0 radical (unpaired) electrons. The number of hydrogen-bond acceptors (Lipinski definition) is 6. The molecule has 0 aliphatic carbocycles. The molecule has 2 aromatic rings. The summed E-state index contributed by atoms with van der Waals surface area (Å²) in [6, 6.07) is 12.6. The first-order valence-corrected chi connectivity index (χ1v) is 8.29. The van der Waals surface area contributed by atoms with Crippen molar-refractivity contribution < 1.29 is 28.7 Å². The number of nitrogens with zero attached hydrogens (tertiary/aromatic N) is 1. The van der Waals surface area contributed by atoms with Gasteiger partial charge in [0.05, 0.1) is 18.4 Å². The third-order valence-corrected chi connectivity index (χ3v) is 3.99. The highest BCUT2D eigenvalue weighted by Crippen LogP contribution is 2.31. The summed E-state index contributed by atoms with van der Waals surface area (Å²) in [5.41, 5.74) is 5.55. The van der Waals surface area contributed by atoms with E-state index in [9.17, 15) is 19.2 Å². The number of hydrazine groups is 1. The minimum atomic E-state index is -0.579. The lowest BCUT2D eigenvalue weighted by Gasteiger charge is -2.28. The van der Waals surface area contributed by atoms with E-state index in [1.54, 1.807) is 24.3 Å². The average molecular weight is 383 g/mol.